The highest BCUT2D eigenvalue weighted by Crippen LogP contribution is 2.31. The quantitative estimate of drug-likeness (QED) is 0.777. The molecule has 2 aromatic rings. The Hall–Kier alpha value is -0.860. The molecule has 2 rings (SSSR count). The summed E-state index contributed by atoms with van der Waals surface area (Å²) in [5, 5.41) is 4.66. The van der Waals surface area contributed by atoms with Crippen LogP contribution >= 0.6 is 11.3 Å². The van der Waals surface area contributed by atoms with Crippen LogP contribution in [-0.2, 0) is 6.42 Å². The molecule has 80 valence electrons. The monoisotopic (exact) mass is 219 g/mol. The van der Waals surface area contributed by atoms with Gasteiger partial charge in [0.05, 0.1) is 0 Å². The molecule has 0 amide bonds. The number of thiophene rings is 1. The lowest BCUT2D eigenvalue weighted by Crippen LogP contribution is -2.08. The van der Waals surface area contributed by atoms with Crippen molar-refractivity contribution in [2.24, 2.45) is 0 Å². The van der Waals surface area contributed by atoms with Crippen molar-refractivity contribution in [1.29, 1.82) is 0 Å². The molecule has 0 atom stereocenters. The van der Waals surface area contributed by atoms with Gasteiger partial charge in [-0.05, 0) is 50.4 Å². The molecule has 0 aliphatic carbocycles. The number of nitrogens with one attached hydrogen (secondary N) is 1. The first-order valence-electron chi connectivity index (χ1n) is 5.44. The van der Waals surface area contributed by atoms with Crippen LogP contribution in [0.15, 0.2) is 24.3 Å². The third-order valence-corrected chi connectivity index (χ3v) is 3.88. The van der Waals surface area contributed by atoms with E-state index in [2.05, 4.69) is 36.5 Å². The molecule has 1 N–H and O–H groups in total. The molecule has 0 aliphatic rings. The zero-order chi connectivity index (χ0) is 10.7. The van der Waals surface area contributed by atoms with E-state index in [-0.39, 0.29) is 0 Å². The summed E-state index contributed by atoms with van der Waals surface area (Å²) in [7, 11) is 2.01. The van der Waals surface area contributed by atoms with E-state index in [4.69, 9.17) is 0 Å². The fourth-order valence-corrected chi connectivity index (χ4v) is 3.09. The van der Waals surface area contributed by atoms with Gasteiger partial charge in [0.15, 0.2) is 0 Å². The first-order valence-corrected chi connectivity index (χ1v) is 6.26. The molecule has 0 saturated heterocycles. The average Bonchev–Trinajstić information content (AvgIpc) is 2.56. The molecule has 2 heteroatoms. The number of benzene rings is 1. The predicted molar refractivity (Wildman–Crippen MR) is 68.8 cm³/mol. The van der Waals surface area contributed by atoms with Gasteiger partial charge >= 0.3 is 0 Å². The van der Waals surface area contributed by atoms with Gasteiger partial charge in [-0.2, -0.15) is 0 Å². The maximum Gasteiger partial charge on any atom is 0.0348 e. The lowest BCUT2D eigenvalue weighted by molar-refractivity contribution is 0.726. The molecule has 0 radical (unpaired) electrons. The average molecular weight is 219 g/mol. The fourth-order valence-electron chi connectivity index (χ4n) is 1.97. The third kappa shape index (κ3) is 2.21. The Morgan fingerprint density at radius 2 is 2.07 bits per heavy atom. The van der Waals surface area contributed by atoms with E-state index in [0.717, 1.165) is 6.54 Å². The molecule has 15 heavy (non-hydrogen) atoms. The van der Waals surface area contributed by atoms with E-state index in [0.29, 0.717) is 0 Å². The van der Waals surface area contributed by atoms with Gasteiger partial charge in [0.1, 0.15) is 0 Å². The van der Waals surface area contributed by atoms with Crippen LogP contribution < -0.4 is 5.32 Å². The van der Waals surface area contributed by atoms with Gasteiger partial charge in [0, 0.05) is 9.58 Å². The normalized spacial score (nSPS) is 11.1. The van der Waals surface area contributed by atoms with Crippen molar-refractivity contribution < 1.29 is 0 Å². The Bertz CT molecular complexity index is 445. The number of fused-ring (bicyclic) bond motifs is 1. The maximum absolute atomic E-state index is 3.20. The Morgan fingerprint density at radius 1 is 1.27 bits per heavy atom. The van der Waals surface area contributed by atoms with Gasteiger partial charge in [-0.1, -0.05) is 18.2 Å². The summed E-state index contributed by atoms with van der Waals surface area (Å²) in [5.74, 6) is 0. The van der Waals surface area contributed by atoms with E-state index in [9.17, 15) is 0 Å². The highest BCUT2D eigenvalue weighted by molar-refractivity contribution is 7.19. The summed E-state index contributed by atoms with van der Waals surface area (Å²) in [5.41, 5.74) is 1.55. The standard InChI is InChI=1S/C13H17NS/c1-10-11(7-5-9-14-2)12-6-3-4-8-13(12)15-10/h3-4,6,8,14H,5,7,9H2,1-2H3. The fraction of sp³-hybridized carbons (Fsp3) is 0.385. The minimum atomic E-state index is 1.10. The first-order chi connectivity index (χ1) is 7.33. The smallest absolute Gasteiger partial charge is 0.0348 e. The second kappa shape index (κ2) is 4.77. The van der Waals surface area contributed by atoms with Crippen molar-refractivity contribution in [3.63, 3.8) is 0 Å². The Kier molecular flexibility index (Phi) is 3.39. The number of rotatable bonds is 4. The molecule has 0 spiro atoms. The van der Waals surface area contributed by atoms with E-state index >= 15 is 0 Å². The summed E-state index contributed by atoms with van der Waals surface area (Å²) >= 11 is 1.92. The Balaban J connectivity index is 2.28. The largest absolute Gasteiger partial charge is 0.320 e. The van der Waals surface area contributed by atoms with Crippen molar-refractivity contribution in [3.8, 4) is 0 Å². The number of aryl methyl sites for hydroxylation is 2. The molecular formula is C13H17NS. The van der Waals surface area contributed by atoms with Gasteiger partial charge in [-0.3, -0.25) is 0 Å². The van der Waals surface area contributed by atoms with Crippen LogP contribution in [0, 0.1) is 6.92 Å². The summed E-state index contributed by atoms with van der Waals surface area (Å²) < 4.78 is 1.43. The SMILES string of the molecule is CNCCCc1c(C)sc2ccccc12. The minimum Gasteiger partial charge on any atom is -0.320 e. The molecule has 0 saturated carbocycles. The third-order valence-electron chi connectivity index (χ3n) is 2.75. The van der Waals surface area contributed by atoms with Crippen molar-refractivity contribution in [3.05, 3.63) is 34.7 Å². The Morgan fingerprint density at radius 3 is 2.87 bits per heavy atom. The second-order valence-electron chi connectivity index (χ2n) is 3.84. The zero-order valence-corrected chi connectivity index (χ0v) is 10.2. The summed E-state index contributed by atoms with van der Waals surface area (Å²) in [6.07, 6.45) is 2.41. The summed E-state index contributed by atoms with van der Waals surface area (Å²) in [6.45, 7) is 3.34. The van der Waals surface area contributed by atoms with E-state index in [1.165, 1.54) is 27.8 Å². The van der Waals surface area contributed by atoms with Gasteiger partial charge in [0.2, 0.25) is 0 Å². The molecule has 1 nitrogen and oxygen atoms in total. The van der Waals surface area contributed by atoms with E-state index in [1.54, 1.807) is 5.56 Å². The number of hydrogen-bond acceptors (Lipinski definition) is 2. The molecular weight excluding hydrogens is 202 g/mol. The van der Waals surface area contributed by atoms with Crippen molar-refractivity contribution in [1.82, 2.24) is 5.32 Å². The van der Waals surface area contributed by atoms with Crippen molar-refractivity contribution >= 4 is 21.4 Å². The highest BCUT2D eigenvalue weighted by atomic mass is 32.1. The summed E-state index contributed by atoms with van der Waals surface area (Å²) in [4.78, 5) is 1.48. The van der Waals surface area contributed by atoms with Crippen LogP contribution in [0.25, 0.3) is 10.1 Å². The highest BCUT2D eigenvalue weighted by Gasteiger charge is 2.07. The van der Waals surface area contributed by atoms with Gasteiger partial charge < -0.3 is 5.32 Å². The van der Waals surface area contributed by atoms with E-state index < -0.39 is 0 Å². The van der Waals surface area contributed by atoms with Gasteiger partial charge in [-0.25, -0.2) is 0 Å². The van der Waals surface area contributed by atoms with Crippen LogP contribution in [0.3, 0.4) is 0 Å². The van der Waals surface area contributed by atoms with Gasteiger partial charge in [-0.15, -0.1) is 11.3 Å². The van der Waals surface area contributed by atoms with Crippen LogP contribution in [0.1, 0.15) is 16.9 Å². The minimum absolute atomic E-state index is 1.10. The second-order valence-corrected chi connectivity index (χ2v) is 5.10. The maximum atomic E-state index is 3.20. The lowest BCUT2D eigenvalue weighted by atomic mass is 10.1. The van der Waals surface area contributed by atoms with E-state index in [1.807, 2.05) is 18.4 Å². The molecule has 0 aliphatic heterocycles. The topological polar surface area (TPSA) is 12.0 Å². The molecule has 0 unspecified atom stereocenters. The molecule has 1 heterocycles. The van der Waals surface area contributed by atoms with Crippen LogP contribution in [0.5, 0.6) is 0 Å². The van der Waals surface area contributed by atoms with Gasteiger partial charge in [0.25, 0.3) is 0 Å². The molecule has 0 bridgehead atoms. The first kappa shape index (κ1) is 10.7. The van der Waals surface area contributed by atoms with Crippen molar-refractivity contribution in [2.75, 3.05) is 13.6 Å². The molecule has 0 fully saturated rings. The van der Waals surface area contributed by atoms with Crippen LogP contribution in [0.2, 0.25) is 0 Å². The number of hydrogen-bond donors (Lipinski definition) is 1. The van der Waals surface area contributed by atoms with Crippen LogP contribution in [-0.4, -0.2) is 13.6 Å². The van der Waals surface area contributed by atoms with Crippen molar-refractivity contribution in [2.45, 2.75) is 19.8 Å². The van der Waals surface area contributed by atoms with Crippen LogP contribution in [0.4, 0.5) is 0 Å². The summed E-state index contributed by atoms with van der Waals surface area (Å²) in [6, 6.07) is 8.72. The molecule has 1 aromatic heterocycles. The zero-order valence-electron chi connectivity index (χ0n) is 9.34. The lowest BCUT2D eigenvalue weighted by Gasteiger charge is -2.01. The predicted octanol–water partition coefficient (Wildman–Crippen LogP) is 3.36. The Labute approximate surface area is 95.1 Å². The molecule has 1 aromatic carbocycles.